The molecule has 1 aliphatic heterocycles. The summed E-state index contributed by atoms with van der Waals surface area (Å²) in [5, 5.41) is 0. The van der Waals surface area contributed by atoms with Gasteiger partial charge in [0.05, 0.1) is 0 Å². The molecule has 1 aliphatic rings. The second-order valence-corrected chi connectivity index (χ2v) is 10.6. The van der Waals surface area contributed by atoms with Gasteiger partial charge in [0.2, 0.25) is 5.91 Å². The summed E-state index contributed by atoms with van der Waals surface area (Å²) in [5.74, 6) is 0.295. The normalized spacial score (nSPS) is 15.8. The number of amides is 1. The maximum atomic E-state index is 13.4. The fourth-order valence-electron chi connectivity index (χ4n) is 5.05. The lowest BCUT2D eigenvalue weighted by Gasteiger charge is -2.47. The van der Waals surface area contributed by atoms with Crippen molar-refractivity contribution in [2.45, 2.75) is 58.3 Å². The smallest absolute Gasteiger partial charge is 0.381 e. The van der Waals surface area contributed by atoms with Gasteiger partial charge in [-0.15, -0.1) is 0 Å². The maximum Gasteiger partial charge on any atom is 0.433 e. The standard InChI is InChI=1S/C29H41F3N4O2/c1-5-27(37)36(26-13-9-12-25(33-26)29(30,31)32)22-28(14-18-38-19-15-28)34(4)16-17-35(20-23(2)3)21-24-10-7-6-8-11-24/h6-13,23H,5,14-22H2,1-4H3. The monoisotopic (exact) mass is 534 g/mol. The minimum absolute atomic E-state index is 0.0384. The van der Waals surface area contributed by atoms with Crippen LogP contribution in [0, 0.1) is 5.92 Å². The van der Waals surface area contributed by atoms with E-state index < -0.39 is 17.4 Å². The summed E-state index contributed by atoms with van der Waals surface area (Å²) in [4.78, 5) is 23.0. The number of alkyl halides is 3. The fourth-order valence-corrected chi connectivity index (χ4v) is 5.05. The lowest BCUT2D eigenvalue weighted by atomic mass is 9.87. The first kappa shape index (κ1) is 30.1. The Labute approximate surface area is 224 Å². The third-order valence-electron chi connectivity index (χ3n) is 7.21. The molecule has 2 aromatic rings. The van der Waals surface area contributed by atoms with E-state index in [1.807, 2.05) is 18.2 Å². The molecule has 1 fully saturated rings. The van der Waals surface area contributed by atoms with Crippen molar-refractivity contribution < 1.29 is 22.7 Å². The van der Waals surface area contributed by atoms with Crippen LogP contribution in [0.5, 0.6) is 0 Å². The SMILES string of the molecule is CCC(=O)N(CC1(N(C)CCN(Cc2ccccc2)CC(C)C)CCOCC1)c1cccc(C(F)(F)F)n1. The number of likely N-dealkylation sites (N-methyl/N-ethyl adjacent to an activating group) is 1. The van der Waals surface area contributed by atoms with E-state index in [9.17, 15) is 18.0 Å². The predicted octanol–water partition coefficient (Wildman–Crippen LogP) is 5.48. The molecule has 0 atom stereocenters. The van der Waals surface area contributed by atoms with Crippen molar-refractivity contribution >= 4 is 11.7 Å². The summed E-state index contributed by atoms with van der Waals surface area (Å²) in [5.41, 5.74) is -0.176. The Kier molecular flexibility index (Phi) is 10.7. The lowest BCUT2D eigenvalue weighted by molar-refractivity contribution is -0.141. The minimum atomic E-state index is -4.58. The van der Waals surface area contributed by atoms with Crippen LogP contribution >= 0.6 is 0 Å². The third-order valence-corrected chi connectivity index (χ3v) is 7.21. The van der Waals surface area contributed by atoms with E-state index in [4.69, 9.17) is 4.74 Å². The Balaban J connectivity index is 1.82. The molecule has 1 amide bonds. The van der Waals surface area contributed by atoms with Crippen molar-refractivity contribution in [1.29, 1.82) is 0 Å². The fraction of sp³-hybridized carbons (Fsp3) is 0.586. The van der Waals surface area contributed by atoms with Crippen molar-refractivity contribution in [3.63, 3.8) is 0 Å². The van der Waals surface area contributed by atoms with Crippen LogP contribution < -0.4 is 4.90 Å². The van der Waals surface area contributed by atoms with Crippen LogP contribution in [0.2, 0.25) is 0 Å². The zero-order chi connectivity index (χ0) is 27.8. The molecule has 0 saturated carbocycles. The van der Waals surface area contributed by atoms with Crippen LogP contribution in [0.15, 0.2) is 48.5 Å². The first-order chi connectivity index (χ1) is 18.0. The zero-order valence-electron chi connectivity index (χ0n) is 23.0. The van der Waals surface area contributed by atoms with Crippen LogP contribution in [0.4, 0.5) is 19.0 Å². The van der Waals surface area contributed by atoms with E-state index in [0.29, 0.717) is 32.0 Å². The molecule has 0 spiro atoms. The van der Waals surface area contributed by atoms with Gasteiger partial charge in [-0.3, -0.25) is 19.5 Å². The van der Waals surface area contributed by atoms with Gasteiger partial charge in [0.25, 0.3) is 0 Å². The van der Waals surface area contributed by atoms with Crippen LogP contribution in [0.1, 0.15) is 51.3 Å². The molecule has 1 aromatic heterocycles. The van der Waals surface area contributed by atoms with Crippen LogP contribution in [0.3, 0.4) is 0 Å². The van der Waals surface area contributed by atoms with E-state index in [1.165, 1.54) is 22.6 Å². The van der Waals surface area contributed by atoms with E-state index in [-0.39, 0.29) is 24.7 Å². The number of carbonyl (C=O) groups excluding carboxylic acids is 1. The number of rotatable bonds is 12. The molecule has 0 aliphatic carbocycles. The topological polar surface area (TPSA) is 48.9 Å². The number of pyridine rings is 1. The van der Waals surface area contributed by atoms with Gasteiger partial charge in [-0.05, 0) is 43.5 Å². The number of aromatic nitrogens is 1. The number of benzene rings is 1. The zero-order valence-corrected chi connectivity index (χ0v) is 23.0. The Hall–Kier alpha value is -2.49. The molecule has 1 aromatic carbocycles. The molecule has 0 bridgehead atoms. The van der Waals surface area contributed by atoms with E-state index >= 15 is 0 Å². The molecule has 38 heavy (non-hydrogen) atoms. The van der Waals surface area contributed by atoms with Gasteiger partial charge in [0.15, 0.2) is 0 Å². The van der Waals surface area contributed by atoms with Crippen molar-refractivity contribution in [2.24, 2.45) is 5.92 Å². The quantitative estimate of drug-likeness (QED) is 0.361. The highest BCUT2D eigenvalue weighted by atomic mass is 19.4. The number of nitrogens with zero attached hydrogens (tertiary/aromatic N) is 4. The Morgan fingerprint density at radius 1 is 1.05 bits per heavy atom. The van der Waals surface area contributed by atoms with Crippen molar-refractivity contribution in [3.05, 3.63) is 59.8 Å². The van der Waals surface area contributed by atoms with Crippen molar-refractivity contribution in [3.8, 4) is 0 Å². The third kappa shape index (κ3) is 8.25. The molecule has 0 N–H and O–H groups in total. The van der Waals surface area contributed by atoms with Crippen LogP contribution in [-0.4, -0.2) is 72.7 Å². The van der Waals surface area contributed by atoms with E-state index in [0.717, 1.165) is 32.2 Å². The second-order valence-electron chi connectivity index (χ2n) is 10.6. The van der Waals surface area contributed by atoms with Gasteiger partial charge in [-0.25, -0.2) is 4.98 Å². The molecule has 2 heterocycles. The Bertz CT molecular complexity index is 1010. The largest absolute Gasteiger partial charge is 0.433 e. The molecular weight excluding hydrogens is 493 g/mol. The van der Waals surface area contributed by atoms with E-state index in [2.05, 4.69) is 47.8 Å². The van der Waals surface area contributed by atoms with Crippen LogP contribution in [-0.2, 0) is 22.3 Å². The number of hydrogen-bond donors (Lipinski definition) is 0. The average Bonchev–Trinajstić information content (AvgIpc) is 2.90. The molecular formula is C29H41F3N4O2. The molecule has 1 saturated heterocycles. The summed E-state index contributed by atoms with van der Waals surface area (Å²) < 4.78 is 45.9. The van der Waals surface area contributed by atoms with Gasteiger partial charge in [-0.2, -0.15) is 13.2 Å². The molecule has 210 valence electrons. The van der Waals surface area contributed by atoms with Crippen LogP contribution in [0.25, 0.3) is 0 Å². The summed E-state index contributed by atoms with van der Waals surface area (Å²) in [6.45, 7) is 10.8. The Morgan fingerprint density at radius 3 is 2.34 bits per heavy atom. The first-order valence-electron chi connectivity index (χ1n) is 13.4. The van der Waals surface area contributed by atoms with Crippen molar-refractivity contribution in [1.82, 2.24) is 14.8 Å². The van der Waals surface area contributed by atoms with Gasteiger partial charge in [-0.1, -0.05) is 57.2 Å². The minimum Gasteiger partial charge on any atom is -0.381 e. The highest BCUT2D eigenvalue weighted by molar-refractivity contribution is 5.92. The highest BCUT2D eigenvalue weighted by Crippen LogP contribution is 2.32. The number of carbonyl (C=O) groups is 1. The summed E-state index contributed by atoms with van der Waals surface area (Å²) >= 11 is 0. The van der Waals surface area contributed by atoms with Crippen molar-refractivity contribution in [2.75, 3.05) is 51.3 Å². The van der Waals surface area contributed by atoms with Gasteiger partial charge in [0, 0.05) is 57.9 Å². The molecule has 6 nitrogen and oxygen atoms in total. The summed E-state index contributed by atoms with van der Waals surface area (Å²) in [6.07, 6.45) is -3.05. The summed E-state index contributed by atoms with van der Waals surface area (Å²) in [7, 11) is 2.05. The highest BCUT2D eigenvalue weighted by Gasteiger charge is 2.40. The van der Waals surface area contributed by atoms with Gasteiger partial charge >= 0.3 is 6.18 Å². The van der Waals surface area contributed by atoms with E-state index in [1.54, 1.807) is 6.92 Å². The maximum absolute atomic E-state index is 13.4. The number of ether oxygens (including phenoxy) is 1. The molecule has 3 rings (SSSR count). The second kappa shape index (κ2) is 13.5. The average molecular weight is 535 g/mol. The number of halogens is 3. The predicted molar refractivity (Wildman–Crippen MR) is 144 cm³/mol. The number of anilines is 1. The Morgan fingerprint density at radius 2 is 1.74 bits per heavy atom. The molecule has 0 radical (unpaired) electrons. The lowest BCUT2D eigenvalue weighted by Crippen LogP contribution is -2.59. The number of hydrogen-bond acceptors (Lipinski definition) is 5. The molecule has 0 unspecified atom stereocenters. The molecule has 9 heteroatoms. The van der Waals surface area contributed by atoms with Gasteiger partial charge < -0.3 is 4.74 Å². The van der Waals surface area contributed by atoms with Gasteiger partial charge in [0.1, 0.15) is 11.5 Å². The summed E-state index contributed by atoms with van der Waals surface area (Å²) in [6, 6.07) is 14.1. The first-order valence-corrected chi connectivity index (χ1v) is 13.4.